The SMILES string of the molecule is CCn1nc(C)c(Br)c1CC(C)(C)CCl. The summed E-state index contributed by atoms with van der Waals surface area (Å²) in [5.74, 6) is 0.660. The van der Waals surface area contributed by atoms with Gasteiger partial charge in [0.15, 0.2) is 0 Å². The molecule has 15 heavy (non-hydrogen) atoms. The molecule has 0 saturated carbocycles. The van der Waals surface area contributed by atoms with E-state index in [2.05, 4.69) is 41.8 Å². The van der Waals surface area contributed by atoms with Crippen LogP contribution in [-0.2, 0) is 13.0 Å². The molecule has 1 heterocycles. The van der Waals surface area contributed by atoms with E-state index in [0.29, 0.717) is 5.88 Å². The Bertz CT molecular complexity index is 345. The number of hydrogen-bond acceptors (Lipinski definition) is 1. The summed E-state index contributed by atoms with van der Waals surface area (Å²) in [6, 6.07) is 0. The highest BCUT2D eigenvalue weighted by molar-refractivity contribution is 9.10. The Morgan fingerprint density at radius 1 is 1.47 bits per heavy atom. The van der Waals surface area contributed by atoms with E-state index in [1.807, 2.05) is 11.6 Å². The van der Waals surface area contributed by atoms with Crippen LogP contribution in [0, 0.1) is 12.3 Å². The molecule has 0 radical (unpaired) electrons. The number of hydrogen-bond donors (Lipinski definition) is 0. The van der Waals surface area contributed by atoms with Crippen molar-refractivity contribution in [1.82, 2.24) is 9.78 Å². The Hall–Kier alpha value is -0.0200. The summed E-state index contributed by atoms with van der Waals surface area (Å²) >= 11 is 9.55. The zero-order chi connectivity index (χ0) is 11.6. The second-order valence-electron chi connectivity index (χ2n) is 4.64. The lowest BCUT2D eigenvalue weighted by Gasteiger charge is -2.21. The molecule has 0 N–H and O–H groups in total. The van der Waals surface area contributed by atoms with Gasteiger partial charge in [-0.25, -0.2) is 0 Å². The molecule has 0 aliphatic heterocycles. The number of alkyl halides is 1. The molecule has 0 spiro atoms. The molecule has 0 aliphatic carbocycles. The Morgan fingerprint density at radius 2 is 2.07 bits per heavy atom. The van der Waals surface area contributed by atoms with Crippen molar-refractivity contribution in [1.29, 1.82) is 0 Å². The van der Waals surface area contributed by atoms with Gasteiger partial charge in [0.25, 0.3) is 0 Å². The van der Waals surface area contributed by atoms with Crippen molar-refractivity contribution >= 4 is 27.5 Å². The fraction of sp³-hybridized carbons (Fsp3) is 0.727. The van der Waals surface area contributed by atoms with Crippen LogP contribution >= 0.6 is 27.5 Å². The van der Waals surface area contributed by atoms with Crippen LogP contribution in [-0.4, -0.2) is 15.7 Å². The van der Waals surface area contributed by atoms with Gasteiger partial charge in [-0.2, -0.15) is 5.10 Å². The molecule has 0 amide bonds. The van der Waals surface area contributed by atoms with Gasteiger partial charge in [-0.3, -0.25) is 4.68 Å². The van der Waals surface area contributed by atoms with Gasteiger partial charge in [-0.05, 0) is 41.6 Å². The van der Waals surface area contributed by atoms with E-state index in [9.17, 15) is 0 Å². The van der Waals surface area contributed by atoms with Crippen molar-refractivity contribution in [2.75, 3.05) is 5.88 Å². The van der Waals surface area contributed by atoms with E-state index in [-0.39, 0.29) is 5.41 Å². The van der Waals surface area contributed by atoms with E-state index in [4.69, 9.17) is 11.6 Å². The minimum Gasteiger partial charge on any atom is -0.268 e. The Kier molecular flexibility index (Phi) is 4.24. The van der Waals surface area contributed by atoms with Gasteiger partial charge in [0.05, 0.1) is 15.9 Å². The lowest BCUT2D eigenvalue weighted by molar-refractivity contribution is 0.399. The zero-order valence-corrected chi connectivity index (χ0v) is 12.1. The molecule has 4 heteroatoms. The normalized spacial score (nSPS) is 12.1. The molecular weight excluding hydrogens is 275 g/mol. The minimum atomic E-state index is 0.115. The molecule has 86 valence electrons. The highest BCUT2D eigenvalue weighted by atomic mass is 79.9. The summed E-state index contributed by atoms with van der Waals surface area (Å²) in [4.78, 5) is 0. The van der Waals surface area contributed by atoms with Crippen LogP contribution in [0.15, 0.2) is 4.47 Å². The molecule has 0 bridgehead atoms. The lowest BCUT2D eigenvalue weighted by atomic mass is 9.90. The Labute approximate surface area is 105 Å². The van der Waals surface area contributed by atoms with E-state index < -0.39 is 0 Å². The predicted octanol–water partition coefficient (Wildman–Crippen LogP) is 3.78. The monoisotopic (exact) mass is 292 g/mol. The van der Waals surface area contributed by atoms with Crippen LogP contribution in [0.5, 0.6) is 0 Å². The van der Waals surface area contributed by atoms with Crippen LogP contribution in [0.3, 0.4) is 0 Å². The quantitative estimate of drug-likeness (QED) is 0.773. The van der Waals surface area contributed by atoms with Gasteiger partial charge < -0.3 is 0 Å². The summed E-state index contributed by atoms with van der Waals surface area (Å²) in [5.41, 5.74) is 2.42. The second kappa shape index (κ2) is 4.88. The average Bonchev–Trinajstić information content (AvgIpc) is 2.45. The third kappa shape index (κ3) is 2.97. The fourth-order valence-electron chi connectivity index (χ4n) is 1.54. The predicted molar refractivity (Wildman–Crippen MR) is 68.5 cm³/mol. The van der Waals surface area contributed by atoms with Gasteiger partial charge in [0.1, 0.15) is 0 Å². The van der Waals surface area contributed by atoms with Gasteiger partial charge in [-0.1, -0.05) is 13.8 Å². The molecule has 0 fully saturated rings. The highest BCUT2D eigenvalue weighted by Gasteiger charge is 2.22. The number of aromatic nitrogens is 2. The fourth-order valence-corrected chi connectivity index (χ4v) is 2.06. The van der Waals surface area contributed by atoms with Crippen LogP contribution in [0.4, 0.5) is 0 Å². The van der Waals surface area contributed by atoms with Crippen LogP contribution < -0.4 is 0 Å². The number of rotatable bonds is 4. The molecule has 2 nitrogen and oxygen atoms in total. The Morgan fingerprint density at radius 3 is 2.53 bits per heavy atom. The van der Waals surface area contributed by atoms with E-state index in [1.54, 1.807) is 0 Å². The molecule has 1 aromatic rings. The topological polar surface area (TPSA) is 17.8 Å². The summed E-state index contributed by atoms with van der Waals surface area (Å²) in [6.07, 6.45) is 0.950. The molecule has 0 unspecified atom stereocenters. The van der Waals surface area contributed by atoms with Crippen molar-refractivity contribution in [2.45, 2.75) is 40.7 Å². The van der Waals surface area contributed by atoms with Gasteiger partial charge in [0, 0.05) is 12.4 Å². The molecule has 0 aromatic carbocycles. The maximum Gasteiger partial charge on any atom is 0.0738 e. The number of nitrogens with zero attached hydrogens (tertiary/aromatic N) is 2. The summed E-state index contributed by atoms with van der Waals surface area (Å²) in [5, 5.41) is 4.47. The maximum atomic E-state index is 5.95. The lowest BCUT2D eigenvalue weighted by Crippen LogP contribution is -2.19. The van der Waals surface area contributed by atoms with Crippen LogP contribution in [0.25, 0.3) is 0 Å². The third-order valence-electron chi connectivity index (χ3n) is 2.46. The van der Waals surface area contributed by atoms with Crippen molar-refractivity contribution in [3.63, 3.8) is 0 Å². The first-order chi connectivity index (χ1) is 6.91. The first-order valence-corrected chi connectivity index (χ1v) is 6.51. The van der Waals surface area contributed by atoms with Gasteiger partial charge in [0.2, 0.25) is 0 Å². The van der Waals surface area contributed by atoms with E-state index >= 15 is 0 Å². The first-order valence-electron chi connectivity index (χ1n) is 5.19. The molecule has 1 rings (SSSR count). The second-order valence-corrected chi connectivity index (χ2v) is 5.70. The first kappa shape index (κ1) is 13.0. The molecule has 1 aromatic heterocycles. The molecular formula is C11H18BrClN2. The van der Waals surface area contributed by atoms with Gasteiger partial charge in [-0.15, -0.1) is 11.6 Å². The molecule has 0 aliphatic rings. The standard InChI is InChI=1S/C11H18BrClN2/c1-5-15-9(6-11(3,4)7-13)10(12)8(2)14-15/h5-7H2,1-4H3. The number of halogens is 2. The summed E-state index contributed by atoms with van der Waals surface area (Å²) < 4.78 is 3.18. The van der Waals surface area contributed by atoms with Crippen LogP contribution in [0.1, 0.15) is 32.2 Å². The Balaban J connectivity index is 3.03. The largest absolute Gasteiger partial charge is 0.268 e. The zero-order valence-electron chi connectivity index (χ0n) is 9.77. The summed E-state index contributed by atoms with van der Waals surface area (Å²) in [6.45, 7) is 9.38. The maximum absolute atomic E-state index is 5.95. The van der Waals surface area contributed by atoms with Crippen molar-refractivity contribution in [3.8, 4) is 0 Å². The molecule has 0 saturated heterocycles. The van der Waals surface area contributed by atoms with E-state index in [0.717, 1.165) is 23.1 Å². The van der Waals surface area contributed by atoms with Crippen molar-refractivity contribution in [2.24, 2.45) is 5.41 Å². The summed E-state index contributed by atoms with van der Waals surface area (Å²) in [7, 11) is 0. The number of aryl methyl sites for hydroxylation is 2. The smallest absolute Gasteiger partial charge is 0.0738 e. The van der Waals surface area contributed by atoms with Gasteiger partial charge >= 0.3 is 0 Å². The van der Waals surface area contributed by atoms with Crippen molar-refractivity contribution < 1.29 is 0 Å². The van der Waals surface area contributed by atoms with E-state index in [1.165, 1.54) is 5.69 Å². The van der Waals surface area contributed by atoms with Crippen molar-refractivity contribution in [3.05, 3.63) is 15.9 Å². The average molecular weight is 294 g/mol. The molecule has 0 atom stereocenters. The minimum absolute atomic E-state index is 0.115. The highest BCUT2D eigenvalue weighted by Crippen LogP contribution is 2.29. The van der Waals surface area contributed by atoms with Crippen LogP contribution in [0.2, 0.25) is 0 Å². The third-order valence-corrected chi connectivity index (χ3v) is 4.22.